The van der Waals surface area contributed by atoms with Crippen LogP contribution in [0, 0.1) is 0 Å². The third-order valence-electron chi connectivity index (χ3n) is 2.13. The second-order valence-electron chi connectivity index (χ2n) is 3.53. The molecule has 0 aliphatic heterocycles. The van der Waals surface area contributed by atoms with Crippen LogP contribution in [0.4, 0.5) is 5.82 Å². The summed E-state index contributed by atoms with van der Waals surface area (Å²) >= 11 is 5.89. The van der Waals surface area contributed by atoms with Crippen LogP contribution in [-0.4, -0.2) is 24.7 Å². The van der Waals surface area contributed by atoms with Gasteiger partial charge in [0.1, 0.15) is 23.1 Å². The fraction of sp³-hybridized carbons (Fsp3) is 0.400. The zero-order valence-electron chi connectivity index (χ0n) is 9.68. The van der Waals surface area contributed by atoms with E-state index in [1.165, 1.54) is 0 Å². The molecule has 0 saturated heterocycles. The van der Waals surface area contributed by atoms with Crippen molar-refractivity contribution in [3.8, 4) is 0 Å². The summed E-state index contributed by atoms with van der Waals surface area (Å²) in [6.45, 7) is 2.49. The Bertz CT molecular complexity index is 509. The molecule has 1 N–H and O–H groups in total. The Morgan fingerprint density at radius 2 is 2.18 bits per heavy atom. The van der Waals surface area contributed by atoms with E-state index in [9.17, 15) is 0 Å². The number of rotatable bonds is 4. The first-order valence-corrected chi connectivity index (χ1v) is 5.67. The molecule has 2 aromatic rings. The predicted molar refractivity (Wildman–Crippen MR) is 64.7 cm³/mol. The zero-order valence-corrected chi connectivity index (χ0v) is 10.4. The van der Waals surface area contributed by atoms with Crippen LogP contribution in [0.2, 0.25) is 5.15 Å². The van der Waals surface area contributed by atoms with Crippen LogP contribution >= 0.6 is 11.6 Å². The van der Waals surface area contributed by atoms with E-state index in [1.54, 1.807) is 17.1 Å². The van der Waals surface area contributed by atoms with Crippen molar-refractivity contribution in [2.24, 2.45) is 7.05 Å². The van der Waals surface area contributed by atoms with Crippen LogP contribution in [0.15, 0.2) is 12.4 Å². The summed E-state index contributed by atoms with van der Waals surface area (Å²) < 4.78 is 1.65. The van der Waals surface area contributed by atoms with E-state index >= 15 is 0 Å². The Balaban J connectivity index is 2.05. The second kappa shape index (κ2) is 5.09. The molecular formula is C10H13ClN6. The normalized spacial score (nSPS) is 10.5. The maximum Gasteiger partial charge on any atom is 0.169 e. The van der Waals surface area contributed by atoms with E-state index in [0.717, 1.165) is 6.42 Å². The highest BCUT2D eigenvalue weighted by Crippen LogP contribution is 2.12. The molecule has 0 amide bonds. The van der Waals surface area contributed by atoms with E-state index in [2.05, 4.69) is 25.4 Å². The Morgan fingerprint density at radius 1 is 1.35 bits per heavy atom. The summed E-state index contributed by atoms with van der Waals surface area (Å²) in [6.07, 6.45) is 2.40. The van der Waals surface area contributed by atoms with Crippen LogP contribution in [-0.2, 0) is 20.0 Å². The molecule has 2 aromatic heterocycles. The van der Waals surface area contributed by atoms with Gasteiger partial charge < -0.3 is 5.32 Å². The molecular weight excluding hydrogens is 240 g/mol. The van der Waals surface area contributed by atoms with Crippen molar-refractivity contribution in [3.05, 3.63) is 29.2 Å². The zero-order chi connectivity index (χ0) is 12.3. The van der Waals surface area contributed by atoms with Crippen LogP contribution in [0.5, 0.6) is 0 Å². The largest absolute Gasteiger partial charge is 0.363 e. The van der Waals surface area contributed by atoms with Crippen LogP contribution < -0.4 is 5.32 Å². The van der Waals surface area contributed by atoms with E-state index < -0.39 is 0 Å². The predicted octanol–water partition coefficient (Wildman–Crippen LogP) is 1.43. The van der Waals surface area contributed by atoms with Crippen molar-refractivity contribution < 1.29 is 0 Å². The summed E-state index contributed by atoms with van der Waals surface area (Å²) in [5.74, 6) is 2.11. The molecule has 2 rings (SSSR count). The molecule has 0 aliphatic carbocycles. The topological polar surface area (TPSA) is 68.5 Å². The van der Waals surface area contributed by atoms with Gasteiger partial charge in [-0.3, -0.25) is 4.68 Å². The maximum absolute atomic E-state index is 5.89. The first kappa shape index (κ1) is 11.8. The molecule has 0 saturated carbocycles. The molecule has 0 fully saturated rings. The number of nitrogens with zero attached hydrogens (tertiary/aromatic N) is 5. The highest BCUT2D eigenvalue weighted by molar-refractivity contribution is 6.29. The monoisotopic (exact) mass is 252 g/mol. The Hall–Kier alpha value is -1.69. The average molecular weight is 253 g/mol. The second-order valence-corrected chi connectivity index (χ2v) is 3.92. The third-order valence-corrected chi connectivity index (χ3v) is 2.33. The molecule has 0 unspecified atom stereocenters. The molecule has 0 aromatic carbocycles. The van der Waals surface area contributed by atoms with Gasteiger partial charge in [0.2, 0.25) is 0 Å². The van der Waals surface area contributed by atoms with Gasteiger partial charge >= 0.3 is 0 Å². The molecule has 0 radical (unpaired) electrons. The average Bonchev–Trinajstić information content (AvgIpc) is 2.72. The van der Waals surface area contributed by atoms with Crippen molar-refractivity contribution in [2.45, 2.75) is 19.9 Å². The van der Waals surface area contributed by atoms with Gasteiger partial charge in [-0.05, 0) is 0 Å². The van der Waals surface area contributed by atoms with Crippen molar-refractivity contribution in [2.75, 3.05) is 5.32 Å². The maximum atomic E-state index is 5.89. The molecule has 0 atom stereocenters. The van der Waals surface area contributed by atoms with Gasteiger partial charge in [-0.25, -0.2) is 15.0 Å². The highest BCUT2D eigenvalue weighted by Gasteiger charge is 2.03. The summed E-state index contributed by atoms with van der Waals surface area (Å²) in [7, 11) is 1.83. The quantitative estimate of drug-likeness (QED) is 0.834. The summed E-state index contributed by atoms with van der Waals surface area (Å²) in [5.41, 5.74) is 0. The minimum atomic E-state index is 0.438. The summed E-state index contributed by atoms with van der Waals surface area (Å²) in [4.78, 5) is 12.5. The lowest BCUT2D eigenvalue weighted by Gasteiger charge is -2.05. The Kier molecular flexibility index (Phi) is 3.53. The molecule has 6 nitrogen and oxygen atoms in total. The number of hydrogen-bond acceptors (Lipinski definition) is 5. The number of aromatic nitrogens is 5. The van der Waals surface area contributed by atoms with Gasteiger partial charge in [0.15, 0.2) is 5.82 Å². The van der Waals surface area contributed by atoms with Crippen molar-refractivity contribution in [1.82, 2.24) is 24.7 Å². The molecule has 17 heavy (non-hydrogen) atoms. The van der Waals surface area contributed by atoms with Gasteiger partial charge in [0, 0.05) is 19.5 Å². The molecule has 90 valence electrons. The minimum absolute atomic E-state index is 0.438. The van der Waals surface area contributed by atoms with E-state index in [4.69, 9.17) is 11.6 Å². The minimum Gasteiger partial charge on any atom is -0.363 e. The van der Waals surface area contributed by atoms with E-state index in [1.807, 2.05) is 14.0 Å². The first-order valence-electron chi connectivity index (χ1n) is 5.29. The number of hydrogen-bond donors (Lipinski definition) is 1. The lowest BCUT2D eigenvalue weighted by molar-refractivity contribution is 0.746. The number of nitrogens with one attached hydrogen (secondary N) is 1. The van der Waals surface area contributed by atoms with Crippen LogP contribution in [0.25, 0.3) is 0 Å². The van der Waals surface area contributed by atoms with Gasteiger partial charge in [0.05, 0.1) is 6.54 Å². The van der Waals surface area contributed by atoms with Crippen molar-refractivity contribution >= 4 is 17.4 Å². The SMILES string of the molecule is CCc1nc(Cl)cc(NCc2ncn(C)n2)n1. The van der Waals surface area contributed by atoms with Crippen LogP contribution in [0.1, 0.15) is 18.6 Å². The molecule has 2 heterocycles. The smallest absolute Gasteiger partial charge is 0.169 e. The highest BCUT2D eigenvalue weighted by atomic mass is 35.5. The fourth-order valence-corrected chi connectivity index (χ4v) is 1.55. The fourth-order valence-electron chi connectivity index (χ4n) is 1.35. The first-order chi connectivity index (χ1) is 8.17. The Labute approximate surface area is 104 Å². The van der Waals surface area contributed by atoms with Gasteiger partial charge in [-0.15, -0.1) is 0 Å². The number of halogens is 1. The van der Waals surface area contributed by atoms with Crippen molar-refractivity contribution in [1.29, 1.82) is 0 Å². The molecule has 0 spiro atoms. The molecule has 7 heteroatoms. The van der Waals surface area contributed by atoms with Crippen molar-refractivity contribution in [3.63, 3.8) is 0 Å². The third kappa shape index (κ3) is 3.13. The number of anilines is 1. The van der Waals surface area contributed by atoms with E-state index in [0.29, 0.717) is 29.2 Å². The summed E-state index contributed by atoms with van der Waals surface area (Å²) in [6, 6.07) is 1.68. The lowest BCUT2D eigenvalue weighted by atomic mass is 10.4. The number of aryl methyl sites for hydroxylation is 2. The summed E-state index contributed by atoms with van der Waals surface area (Å²) in [5, 5.41) is 7.71. The van der Waals surface area contributed by atoms with Gasteiger partial charge in [-0.2, -0.15) is 5.10 Å². The van der Waals surface area contributed by atoms with Crippen LogP contribution in [0.3, 0.4) is 0 Å². The van der Waals surface area contributed by atoms with Gasteiger partial charge in [-0.1, -0.05) is 18.5 Å². The molecule has 0 bridgehead atoms. The lowest BCUT2D eigenvalue weighted by Crippen LogP contribution is -2.06. The molecule has 0 aliphatic rings. The standard InChI is InChI=1S/C10H13ClN6/c1-3-8-14-7(11)4-9(15-8)12-5-10-13-6-17(2)16-10/h4,6H,3,5H2,1-2H3,(H,12,14,15). The van der Waals surface area contributed by atoms with Gasteiger partial charge in [0.25, 0.3) is 0 Å². The Morgan fingerprint density at radius 3 is 2.82 bits per heavy atom. The van der Waals surface area contributed by atoms with E-state index in [-0.39, 0.29) is 0 Å².